The average Bonchev–Trinajstić information content (AvgIpc) is 3.42. The Morgan fingerprint density at radius 3 is 2.48 bits per heavy atom. The molecule has 1 aromatic heterocycles. The number of hydrogen-bond donors (Lipinski definition) is 1. The van der Waals surface area contributed by atoms with Crippen LogP contribution in [0.2, 0.25) is 0 Å². The van der Waals surface area contributed by atoms with E-state index in [1.165, 1.54) is 52.2 Å². The van der Waals surface area contributed by atoms with E-state index in [2.05, 4.69) is 21.4 Å². The van der Waals surface area contributed by atoms with Crippen LogP contribution < -0.4 is 10.2 Å². The fourth-order valence-electron chi connectivity index (χ4n) is 5.08. The fourth-order valence-corrected chi connectivity index (χ4v) is 5.08. The van der Waals surface area contributed by atoms with Gasteiger partial charge in [0.15, 0.2) is 0 Å². The van der Waals surface area contributed by atoms with Gasteiger partial charge in [0.25, 0.3) is 17.7 Å². The number of nitrogens with zero attached hydrogens (tertiary/aromatic N) is 5. The molecule has 0 saturated heterocycles. The summed E-state index contributed by atoms with van der Waals surface area (Å²) >= 11 is 0. The van der Waals surface area contributed by atoms with Crippen molar-refractivity contribution in [1.29, 1.82) is 5.26 Å². The number of aromatic nitrogens is 2. The van der Waals surface area contributed by atoms with Crippen molar-refractivity contribution in [3.05, 3.63) is 113 Å². The second-order valence-corrected chi connectivity index (χ2v) is 10.4. The average molecular weight is 569 g/mol. The van der Waals surface area contributed by atoms with Gasteiger partial charge in [-0.05, 0) is 50.3 Å². The number of fused-ring (bicyclic) bond motifs is 1. The number of carbonyl (C=O) groups excluding carboxylic acids is 2. The third-order valence-electron chi connectivity index (χ3n) is 7.50. The molecule has 42 heavy (non-hydrogen) atoms. The molecule has 4 aromatic rings. The van der Waals surface area contributed by atoms with Crippen molar-refractivity contribution >= 4 is 23.2 Å². The van der Waals surface area contributed by atoms with Gasteiger partial charge in [-0.3, -0.25) is 14.3 Å². The maximum absolute atomic E-state index is 15.1. The molecule has 8 nitrogen and oxygen atoms in total. The van der Waals surface area contributed by atoms with Gasteiger partial charge in [-0.15, -0.1) is 0 Å². The van der Waals surface area contributed by atoms with Crippen molar-refractivity contribution in [3.8, 4) is 6.07 Å². The van der Waals surface area contributed by atoms with E-state index in [4.69, 9.17) is 0 Å². The first-order valence-electron chi connectivity index (χ1n) is 13.6. The number of amides is 2. The molecular weight excluding hydrogens is 538 g/mol. The Balaban J connectivity index is 1.38. The number of nitrogens with one attached hydrogen (secondary N) is 1. The van der Waals surface area contributed by atoms with Crippen LogP contribution >= 0.6 is 0 Å². The summed E-state index contributed by atoms with van der Waals surface area (Å²) in [5.74, 6) is -4.20. The standard InChI is InChI=1S/C32H30F2N6O2/c1-4-38(3)20-22-10-13-26(16-23(22)17-35)37-30(41)28-18-36-39-19-21(2)40(31(42)29(28)39)27-14-11-25(12-15-27)32(33,34)24-8-6-5-7-9-24/h5-16,18,21H,4,19-20H2,1-3H3,(H,37,41)/t21-/m0/s1. The van der Waals surface area contributed by atoms with E-state index >= 15 is 8.78 Å². The van der Waals surface area contributed by atoms with Gasteiger partial charge in [0.1, 0.15) is 5.69 Å². The highest BCUT2D eigenvalue weighted by atomic mass is 19.3. The van der Waals surface area contributed by atoms with E-state index in [1.54, 1.807) is 36.4 Å². The summed E-state index contributed by atoms with van der Waals surface area (Å²) in [4.78, 5) is 30.6. The van der Waals surface area contributed by atoms with E-state index in [0.29, 0.717) is 30.0 Å². The first kappa shape index (κ1) is 28.6. The maximum Gasteiger partial charge on any atom is 0.298 e. The number of halogens is 2. The molecule has 2 amide bonds. The van der Waals surface area contributed by atoms with E-state index in [1.807, 2.05) is 20.9 Å². The van der Waals surface area contributed by atoms with Gasteiger partial charge in [-0.1, -0.05) is 55.5 Å². The SMILES string of the molecule is CCN(C)Cc1ccc(NC(=O)c2cnn3c2C(=O)N(c2ccc(C(F)(F)c4ccccc4)cc2)[C@@H](C)C3)cc1C#N. The van der Waals surface area contributed by atoms with Gasteiger partial charge in [0, 0.05) is 29.0 Å². The van der Waals surface area contributed by atoms with Gasteiger partial charge >= 0.3 is 0 Å². The van der Waals surface area contributed by atoms with E-state index in [9.17, 15) is 14.9 Å². The van der Waals surface area contributed by atoms with Crippen molar-refractivity contribution in [2.24, 2.45) is 0 Å². The zero-order valence-corrected chi connectivity index (χ0v) is 23.5. The fraction of sp³-hybridized carbons (Fsp3) is 0.250. The van der Waals surface area contributed by atoms with Crippen LogP contribution in [0, 0.1) is 11.3 Å². The highest BCUT2D eigenvalue weighted by Gasteiger charge is 2.37. The Labute approximate surface area is 242 Å². The van der Waals surface area contributed by atoms with Crippen molar-refractivity contribution < 1.29 is 18.4 Å². The molecule has 0 bridgehead atoms. The minimum Gasteiger partial charge on any atom is -0.322 e. The van der Waals surface area contributed by atoms with Crippen LogP contribution in [0.15, 0.2) is 79.0 Å². The number of rotatable bonds is 8. The number of nitriles is 1. The van der Waals surface area contributed by atoms with Gasteiger partial charge in [0.2, 0.25) is 0 Å². The second kappa shape index (κ2) is 11.5. The van der Waals surface area contributed by atoms with Crippen molar-refractivity contribution in [2.75, 3.05) is 23.8 Å². The number of alkyl halides is 2. The van der Waals surface area contributed by atoms with Gasteiger partial charge < -0.3 is 15.1 Å². The number of anilines is 2. The summed E-state index contributed by atoms with van der Waals surface area (Å²) in [6.45, 7) is 5.59. The summed E-state index contributed by atoms with van der Waals surface area (Å²) in [5, 5.41) is 16.7. The Morgan fingerprint density at radius 1 is 1.12 bits per heavy atom. The molecule has 2 heterocycles. The zero-order valence-electron chi connectivity index (χ0n) is 23.5. The monoisotopic (exact) mass is 568 g/mol. The highest BCUT2D eigenvalue weighted by Crippen LogP contribution is 2.37. The Hall–Kier alpha value is -4.88. The van der Waals surface area contributed by atoms with Crippen LogP contribution in [0.5, 0.6) is 0 Å². The third kappa shape index (κ3) is 5.39. The van der Waals surface area contributed by atoms with Crippen LogP contribution in [-0.4, -0.2) is 46.1 Å². The minimum atomic E-state index is -3.20. The molecule has 0 unspecified atom stereocenters. The summed E-state index contributed by atoms with van der Waals surface area (Å²) in [6, 6.07) is 20.1. The van der Waals surface area contributed by atoms with Crippen LogP contribution in [0.4, 0.5) is 20.2 Å². The third-order valence-corrected chi connectivity index (χ3v) is 7.50. The highest BCUT2D eigenvalue weighted by molar-refractivity contribution is 6.15. The molecule has 3 aromatic carbocycles. The second-order valence-electron chi connectivity index (χ2n) is 10.4. The first-order valence-corrected chi connectivity index (χ1v) is 13.6. The molecule has 0 spiro atoms. The molecule has 214 valence electrons. The Kier molecular flexibility index (Phi) is 7.87. The van der Waals surface area contributed by atoms with E-state index in [-0.39, 0.29) is 28.4 Å². The zero-order chi connectivity index (χ0) is 30.0. The topological polar surface area (TPSA) is 94.3 Å². The maximum atomic E-state index is 15.1. The molecule has 0 aliphatic carbocycles. The predicted molar refractivity (Wildman–Crippen MR) is 155 cm³/mol. The van der Waals surface area contributed by atoms with Crippen LogP contribution in [0.1, 0.15) is 56.9 Å². The molecule has 1 atom stereocenters. The number of carbonyl (C=O) groups is 2. The summed E-state index contributed by atoms with van der Waals surface area (Å²) in [6.07, 6.45) is 1.35. The molecule has 1 aliphatic heterocycles. The number of hydrogen-bond acceptors (Lipinski definition) is 5. The lowest BCUT2D eigenvalue weighted by molar-refractivity contribution is 0.0428. The molecule has 0 radical (unpaired) electrons. The Bertz CT molecular complexity index is 1660. The van der Waals surface area contributed by atoms with Crippen molar-refractivity contribution in [1.82, 2.24) is 14.7 Å². The molecule has 1 N–H and O–H groups in total. The van der Waals surface area contributed by atoms with Crippen molar-refractivity contribution in [2.45, 2.75) is 38.9 Å². The summed E-state index contributed by atoms with van der Waals surface area (Å²) < 4.78 is 31.6. The van der Waals surface area contributed by atoms with Gasteiger partial charge in [0.05, 0.1) is 36.0 Å². The van der Waals surface area contributed by atoms with Crippen LogP contribution in [0.3, 0.4) is 0 Å². The Morgan fingerprint density at radius 2 is 1.81 bits per heavy atom. The molecule has 10 heteroatoms. The first-order chi connectivity index (χ1) is 20.1. The van der Waals surface area contributed by atoms with E-state index in [0.717, 1.165) is 12.1 Å². The molecule has 0 fully saturated rings. The lowest BCUT2D eigenvalue weighted by Gasteiger charge is -2.34. The molecule has 0 saturated carbocycles. The molecular formula is C32H30F2N6O2. The lowest BCUT2D eigenvalue weighted by atomic mass is 9.99. The largest absolute Gasteiger partial charge is 0.322 e. The molecule has 5 rings (SSSR count). The van der Waals surface area contributed by atoms with Gasteiger partial charge in [-0.25, -0.2) is 0 Å². The minimum absolute atomic E-state index is 0.0810. The van der Waals surface area contributed by atoms with Gasteiger partial charge in [-0.2, -0.15) is 19.1 Å². The van der Waals surface area contributed by atoms with Crippen molar-refractivity contribution in [3.63, 3.8) is 0 Å². The van der Waals surface area contributed by atoms with E-state index < -0.39 is 17.7 Å². The lowest BCUT2D eigenvalue weighted by Crippen LogP contribution is -2.47. The normalized spacial score (nSPS) is 14.9. The predicted octanol–water partition coefficient (Wildman–Crippen LogP) is 5.65. The number of benzene rings is 3. The quantitative estimate of drug-likeness (QED) is 0.297. The molecule has 1 aliphatic rings. The summed E-state index contributed by atoms with van der Waals surface area (Å²) in [7, 11) is 1.95. The van der Waals surface area contributed by atoms with Crippen LogP contribution in [-0.2, 0) is 19.0 Å². The summed E-state index contributed by atoms with van der Waals surface area (Å²) in [5.41, 5.74) is 2.02. The smallest absolute Gasteiger partial charge is 0.298 e. The van der Waals surface area contributed by atoms with Crippen LogP contribution in [0.25, 0.3) is 0 Å².